The van der Waals surface area contributed by atoms with Crippen molar-refractivity contribution in [3.63, 3.8) is 0 Å². The number of carbonyl (C=O) groups excluding carboxylic acids is 1. The number of ether oxygens (including phenoxy) is 1. The van der Waals surface area contributed by atoms with Crippen molar-refractivity contribution < 1.29 is 31.1 Å². The molecule has 3 rings (SSSR count). The van der Waals surface area contributed by atoms with Gasteiger partial charge in [-0.2, -0.15) is 13.2 Å². The molecule has 2 heterocycles. The summed E-state index contributed by atoms with van der Waals surface area (Å²) < 4.78 is 68.0. The zero-order valence-corrected chi connectivity index (χ0v) is 16.3. The summed E-state index contributed by atoms with van der Waals surface area (Å²) in [4.78, 5) is 15.0. The first-order valence-electron chi connectivity index (χ1n) is 8.47. The van der Waals surface area contributed by atoms with Crippen LogP contribution in [0.5, 0.6) is 5.75 Å². The largest absolute Gasteiger partial charge is 0.483 e. The van der Waals surface area contributed by atoms with E-state index in [1.807, 2.05) is 17.5 Å². The van der Waals surface area contributed by atoms with Crippen molar-refractivity contribution in [2.75, 3.05) is 18.1 Å². The molecule has 1 saturated heterocycles. The number of sulfone groups is 1. The molecule has 1 aromatic heterocycles. The van der Waals surface area contributed by atoms with Gasteiger partial charge in [-0.15, -0.1) is 11.3 Å². The summed E-state index contributed by atoms with van der Waals surface area (Å²) in [5, 5.41) is 1.83. The van der Waals surface area contributed by atoms with Gasteiger partial charge in [-0.05, 0) is 30.0 Å². The molecule has 2 aromatic rings. The highest BCUT2D eigenvalue weighted by atomic mass is 32.2. The van der Waals surface area contributed by atoms with Crippen molar-refractivity contribution in [3.05, 3.63) is 52.2 Å². The Balaban J connectivity index is 1.75. The number of hydrogen-bond donors (Lipinski definition) is 0. The minimum Gasteiger partial charge on any atom is -0.483 e. The van der Waals surface area contributed by atoms with Gasteiger partial charge in [0.05, 0.1) is 23.6 Å². The first-order valence-corrected chi connectivity index (χ1v) is 11.2. The third-order valence-corrected chi connectivity index (χ3v) is 7.03. The van der Waals surface area contributed by atoms with Gasteiger partial charge in [0.25, 0.3) is 5.91 Å². The van der Waals surface area contributed by atoms with Crippen LogP contribution in [0.4, 0.5) is 13.2 Å². The quantitative estimate of drug-likeness (QED) is 0.701. The van der Waals surface area contributed by atoms with Gasteiger partial charge in [0.1, 0.15) is 5.75 Å². The molecule has 0 bridgehead atoms. The Hall–Kier alpha value is -2.07. The van der Waals surface area contributed by atoms with Gasteiger partial charge in [-0.25, -0.2) is 8.42 Å². The van der Waals surface area contributed by atoms with Gasteiger partial charge in [-0.3, -0.25) is 4.79 Å². The van der Waals surface area contributed by atoms with Crippen LogP contribution in [0.3, 0.4) is 0 Å². The van der Waals surface area contributed by atoms with Crippen molar-refractivity contribution in [2.24, 2.45) is 0 Å². The summed E-state index contributed by atoms with van der Waals surface area (Å²) in [6.07, 6.45) is -4.30. The highest BCUT2D eigenvalue weighted by Crippen LogP contribution is 2.36. The predicted molar refractivity (Wildman–Crippen MR) is 98.9 cm³/mol. The maximum absolute atomic E-state index is 13.1. The van der Waals surface area contributed by atoms with Gasteiger partial charge in [0.15, 0.2) is 16.4 Å². The Morgan fingerprint density at radius 3 is 2.57 bits per heavy atom. The fourth-order valence-corrected chi connectivity index (χ4v) is 5.50. The molecule has 152 valence electrons. The van der Waals surface area contributed by atoms with Crippen molar-refractivity contribution in [1.29, 1.82) is 0 Å². The summed E-state index contributed by atoms with van der Waals surface area (Å²) in [6, 6.07) is 7.78. The number of amides is 1. The van der Waals surface area contributed by atoms with Crippen LogP contribution in [0.1, 0.15) is 16.9 Å². The molecule has 1 amide bonds. The van der Waals surface area contributed by atoms with Gasteiger partial charge in [-0.1, -0.05) is 18.2 Å². The Labute approximate surface area is 164 Å². The standard InChI is InChI=1S/C18H18F3NO4S2/c19-18(20,21)15-5-1-2-6-16(15)26-11-17(23)22(10-14-4-3-8-27-14)13-7-9-28(24,25)12-13/h1-6,8,13H,7,9-12H2/t13-/m0/s1. The zero-order chi connectivity index (χ0) is 20.4. The lowest BCUT2D eigenvalue weighted by atomic mass is 10.2. The van der Waals surface area contributed by atoms with Gasteiger partial charge < -0.3 is 9.64 Å². The van der Waals surface area contributed by atoms with E-state index in [0.29, 0.717) is 6.42 Å². The maximum Gasteiger partial charge on any atom is 0.419 e. The smallest absolute Gasteiger partial charge is 0.419 e. The van der Waals surface area contributed by atoms with Crippen molar-refractivity contribution in [2.45, 2.75) is 25.2 Å². The van der Waals surface area contributed by atoms with E-state index in [4.69, 9.17) is 4.74 Å². The lowest BCUT2D eigenvalue weighted by Crippen LogP contribution is -2.43. The molecule has 1 atom stereocenters. The van der Waals surface area contributed by atoms with E-state index in [0.717, 1.165) is 17.0 Å². The number of halogens is 3. The fraction of sp³-hybridized carbons (Fsp3) is 0.389. The predicted octanol–water partition coefficient (Wildman–Crippen LogP) is 3.36. The van der Waals surface area contributed by atoms with Crippen LogP contribution in [0.2, 0.25) is 0 Å². The van der Waals surface area contributed by atoms with E-state index in [1.54, 1.807) is 0 Å². The molecule has 5 nitrogen and oxygen atoms in total. The Kier molecular flexibility index (Phi) is 5.99. The second kappa shape index (κ2) is 8.12. The van der Waals surface area contributed by atoms with E-state index in [1.165, 1.54) is 28.4 Å². The first kappa shape index (κ1) is 20.7. The van der Waals surface area contributed by atoms with E-state index in [9.17, 15) is 26.4 Å². The van der Waals surface area contributed by atoms with Crippen molar-refractivity contribution in [3.8, 4) is 5.75 Å². The second-order valence-electron chi connectivity index (χ2n) is 6.44. The summed E-state index contributed by atoms with van der Waals surface area (Å²) >= 11 is 1.41. The molecule has 0 aliphatic carbocycles. The average Bonchev–Trinajstić information content (AvgIpc) is 3.26. The Bertz CT molecular complexity index is 927. The number of thiophene rings is 1. The Morgan fingerprint density at radius 1 is 1.21 bits per heavy atom. The molecular weight excluding hydrogens is 415 g/mol. The van der Waals surface area contributed by atoms with Crippen LogP contribution < -0.4 is 4.74 Å². The van der Waals surface area contributed by atoms with E-state index < -0.39 is 45.9 Å². The summed E-state index contributed by atoms with van der Waals surface area (Å²) in [6.45, 7) is -0.407. The van der Waals surface area contributed by atoms with Crippen LogP contribution in [0.15, 0.2) is 41.8 Å². The number of alkyl halides is 3. The van der Waals surface area contributed by atoms with Gasteiger partial charge in [0.2, 0.25) is 0 Å². The van der Waals surface area contributed by atoms with Crippen molar-refractivity contribution >= 4 is 27.1 Å². The number of rotatable bonds is 6. The Morgan fingerprint density at radius 2 is 1.96 bits per heavy atom. The third-order valence-electron chi connectivity index (χ3n) is 4.42. The van der Waals surface area contributed by atoms with Gasteiger partial charge in [0, 0.05) is 10.9 Å². The van der Waals surface area contributed by atoms with Crippen LogP contribution >= 0.6 is 11.3 Å². The second-order valence-corrected chi connectivity index (χ2v) is 9.70. The topological polar surface area (TPSA) is 63.7 Å². The van der Waals surface area contributed by atoms with Crippen LogP contribution in [0.25, 0.3) is 0 Å². The molecule has 28 heavy (non-hydrogen) atoms. The molecule has 1 fully saturated rings. The fourth-order valence-electron chi connectivity index (χ4n) is 3.06. The van der Waals surface area contributed by atoms with E-state index >= 15 is 0 Å². The molecular formula is C18H18F3NO4S2. The highest BCUT2D eigenvalue weighted by Gasteiger charge is 2.36. The first-order chi connectivity index (χ1) is 13.2. The molecule has 0 saturated carbocycles. The molecule has 10 heteroatoms. The molecule has 0 unspecified atom stereocenters. The minimum absolute atomic E-state index is 0.0103. The van der Waals surface area contributed by atoms with E-state index in [2.05, 4.69) is 0 Å². The number of benzene rings is 1. The van der Waals surface area contributed by atoms with Crippen molar-refractivity contribution in [1.82, 2.24) is 4.90 Å². The van der Waals surface area contributed by atoms with Crippen LogP contribution in [-0.4, -0.2) is 43.4 Å². The number of para-hydroxylation sites is 1. The third kappa shape index (κ3) is 5.05. The minimum atomic E-state index is -4.60. The number of nitrogens with zero attached hydrogens (tertiary/aromatic N) is 1. The lowest BCUT2D eigenvalue weighted by Gasteiger charge is -2.28. The molecule has 0 N–H and O–H groups in total. The molecule has 1 aliphatic rings. The normalized spacial score (nSPS) is 18.8. The lowest BCUT2D eigenvalue weighted by molar-refractivity contribution is -0.141. The molecule has 0 spiro atoms. The summed E-state index contributed by atoms with van der Waals surface area (Å²) in [5.41, 5.74) is -0.962. The summed E-state index contributed by atoms with van der Waals surface area (Å²) in [5.74, 6) is -1.14. The number of hydrogen-bond acceptors (Lipinski definition) is 5. The van der Waals surface area contributed by atoms with Crippen LogP contribution in [-0.2, 0) is 27.4 Å². The average molecular weight is 433 g/mol. The van der Waals surface area contributed by atoms with Crippen LogP contribution in [0, 0.1) is 0 Å². The van der Waals surface area contributed by atoms with E-state index in [-0.39, 0.29) is 18.1 Å². The molecule has 1 aliphatic heterocycles. The molecule has 1 aromatic carbocycles. The monoisotopic (exact) mass is 433 g/mol. The summed E-state index contributed by atoms with van der Waals surface area (Å²) in [7, 11) is -3.23. The SMILES string of the molecule is O=C(COc1ccccc1C(F)(F)F)N(Cc1cccs1)[C@H]1CCS(=O)(=O)C1. The molecule has 0 radical (unpaired) electrons. The maximum atomic E-state index is 13.1. The zero-order valence-electron chi connectivity index (χ0n) is 14.7. The number of carbonyl (C=O) groups is 1. The highest BCUT2D eigenvalue weighted by molar-refractivity contribution is 7.91. The van der Waals surface area contributed by atoms with Gasteiger partial charge >= 0.3 is 6.18 Å².